The lowest BCUT2D eigenvalue weighted by Gasteiger charge is -2.43. The van der Waals surface area contributed by atoms with Gasteiger partial charge in [-0.25, -0.2) is 0 Å². The number of rotatable bonds is 2. The summed E-state index contributed by atoms with van der Waals surface area (Å²) in [5.41, 5.74) is 4.85. The molecule has 6 rings (SSSR count). The summed E-state index contributed by atoms with van der Waals surface area (Å²) in [5, 5.41) is 3.87. The van der Waals surface area contributed by atoms with Gasteiger partial charge in [0.2, 0.25) is 0 Å². The van der Waals surface area contributed by atoms with Crippen molar-refractivity contribution in [3.63, 3.8) is 0 Å². The first-order chi connectivity index (χ1) is 14.3. The van der Waals surface area contributed by atoms with Crippen LogP contribution in [0, 0.1) is 17.8 Å². The summed E-state index contributed by atoms with van der Waals surface area (Å²) in [7, 11) is 0. The van der Waals surface area contributed by atoms with Crippen LogP contribution in [-0.2, 0) is 4.74 Å². The fourth-order valence-corrected chi connectivity index (χ4v) is 6.56. The molecule has 0 aromatic heterocycles. The third kappa shape index (κ3) is 2.80. The maximum atomic E-state index is 13.1. The lowest BCUT2D eigenvalue weighted by molar-refractivity contribution is 0.0303. The Balaban J connectivity index is 1.38. The number of nitrogens with zero attached hydrogens (tertiary/aromatic N) is 1. The number of amides is 1. The summed E-state index contributed by atoms with van der Waals surface area (Å²) in [6.07, 6.45) is 4.05. The van der Waals surface area contributed by atoms with Crippen molar-refractivity contribution in [2.24, 2.45) is 17.8 Å². The highest BCUT2D eigenvalue weighted by Crippen LogP contribution is 2.63. The molecule has 2 aliphatic heterocycles. The number of anilines is 1. The van der Waals surface area contributed by atoms with Crippen LogP contribution in [0.2, 0.25) is 0 Å². The summed E-state index contributed by atoms with van der Waals surface area (Å²) >= 11 is 0. The molecule has 2 saturated carbocycles. The zero-order valence-corrected chi connectivity index (χ0v) is 16.7. The van der Waals surface area contributed by atoms with Gasteiger partial charge in [0.15, 0.2) is 0 Å². The summed E-state index contributed by atoms with van der Waals surface area (Å²) in [4.78, 5) is 15.0. The Morgan fingerprint density at radius 2 is 1.79 bits per heavy atom. The van der Waals surface area contributed by atoms with Crippen molar-refractivity contribution < 1.29 is 9.53 Å². The molecule has 4 heteroatoms. The molecule has 0 unspecified atom stereocenters. The number of ether oxygens (including phenoxy) is 1. The maximum absolute atomic E-state index is 13.1. The second-order valence-corrected chi connectivity index (χ2v) is 9.18. The quantitative estimate of drug-likeness (QED) is 0.826. The van der Waals surface area contributed by atoms with Crippen LogP contribution < -0.4 is 5.32 Å². The predicted molar refractivity (Wildman–Crippen MR) is 113 cm³/mol. The van der Waals surface area contributed by atoms with Gasteiger partial charge in [0, 0.05) is 24.3 Å². The average Bonchev–Trinajstić information content (AvgIpc) is 3.42. The van der Waals surface area contributed by atoms with E-state index in [0.29, 0.717) is 44.2 Å². The van der Waals surface area contributed by atoms with Crippen molar-refractivity contribution in [3.8, 4) is 0 Å². The Labute approximate surface area is 172 Å². The molecule has 1 saturated heterocycles. The van der Waals surface area contributed by atoms with Gasteiger partial charge in [-0.3, -0.25) is 4.79 Å². The van der Waals surface area contributed by atoms with Crippen molar-refractivity contribution in [2.75, 3.05) is 31.6 Å². The molecule has 4 aliphatic rings. The Bertz CT molecular complexity index is 922. The molecule has 150 valence electrons. The Hall–Kier alpha value is -2.33. The van der Waals surface area contributed by atoms with Gasteiger partial charge in [-0.05, 0) is 72.3 Å². The van der Waals surface area contributed by atoms with E-state index in [2.05, 4.69) is 47.8 Å². The van der Waals surface area contributed by atoms with E-state index in [1.54, 1.807) is 0 Å². The molecule has 4 nitrogen and oxygen atoms in total. The van der Waals surface area contributed by atoms with E-state index >= 15 is 0 Å². The minimum atomic E-state index is 0.154. The zero-order chi connectivity index (χ0) is 19.4. The summed E-state index contributed by atoms with van der Waals surface area (Å²) in [6.45, 7) is 2.68. The minimum absolute atomic E-state index is 0.154. The Morgan fingerprint density at radius 1 is 1.00 bits per heavy atom. The number of hydrogen-bond acceptors (Lipinski definition) is 3. The minimum Gasteiger partial charge on any atom is -0.378 e. The van der Waals surface area contributed by atoms with Crippen molar-refractivity contribution in [1.82, 2.24) is 4.90 Å². The molecule has 0 radical (unpaired) electrons. The van der Waals surface area contributed by atoms with E-state index in [1.807, 2.05) is 11.0 Å². The first-order valence-electron chi connectivity index (χ1n) is 11.1. The van der Waals surface area contributed by atoms with Crippen molar-refractivity contribution in [1.29, 1.82) is 0 Å². The monoisotopic (exact) mass is 388 g/mol. The second-order valence-electron chi connectivity index (χ2n) is 9.18. The van der Waals surface area contributed by atoms with Crippen LogP contribution in [0.5, 0.6) is 0 Å². The molecule has 2 aliphatic carbocycles. The number of carbonyl (C=O) groups is 1. The first-order valence-corrected chi connectivity index (χ1v) is 11.1. The third-order valence-corrected chi connectivity index (χ3v) is 7.79. The molecule has 29 heavy (non-hydrogen) atoms. The number of hydrogen-bond donors (Lipinski definition) is 1. The van der Waals surface area contributed by atoms with E-state index in [0.717, 1.165) is 17.4 Å². The molecule has 3 fully saturated rings. The van der Waals surface area contributed by atoms with Gasteiger partial charge in [0.05, 0.1) is 19.3 Å². The molecule has 2 aromatic rings. The van der Waals surface area contributed by atoms with E-state index in [-0.39, 0.29) is 5.91 Å². The molecular formula is C25H28N2O2. The first kappa shape index (κ1) is 17.5. The van der Waals surface area contributed by atoms with Gasteiger partial charge in [-0.1, -0.05) is 30.3 Å². The Kier molecular flexibility index (Phi) is 4.15. The van der Waals surface area contributed by atoms with Crippen LogP contribution in [0.4, 0.5) is 5.69 Å². The molecular weight excluding hydrogens is 360 g/mol. The molecule has 2 heterocycles. The smallest absolute Gasteiger partial charge is 0.254 e. The van der Waals surface area contributed by atoms with Crippen LogP contribution >= 0.6 is 0 Å². The van der Waals surface area contributed by atoms with Crippen molar-refractivity contribution in [2.45, 2.75) is 31.2 Å². The summed E-state index contributed by atoms with van der Waals surface area (Å²) < 4.78 is 5.42. The average molecular weight is 389 g/mol. The van der Waals surface area contributed by atoms with Crippen LogP contribution in [-0.4, -0.2) is 37.1 Å². The number of fused-ring (bicyclic) bond motifs is 7. The molecule has 1 N–H and O–H groups in total. The Morgan fingerprint density at radius 3 is 2.62 bits per heavy atom. The van der Waals surface area contributed by atoms with Gasteiger partial charge in [-0.2, -0.15) is 0 Å². The van der Waals surface area contributed by atoms with Crippen LogP contribution in [0.3, 0.4) is 0 Å². The summed E-state index contributed by atoms with van der Waals surface area (Å²) in [5.74, 6) is 2.94. The topological polar surface area (TPSA) is 41.6 Å². The molecule has 1 amide bonds. The van der Waals surface area contributed by atoms with Crippen LogP contribution in [0.25, 0.3) is 0 Å². The second kappa shape index (κ2) is 6.88. The van der Waals surface area contributed by atoms with Crippen molar-refractivity contribution >= 4 is 11.6 Å². The number of morpholine rings is 1. The highest BCUT2D eigenvalue weighted by atomic mass is 16.5. The maximum Gasteiger partial charge on any atom is 0.254 e. The molecule has 2 bridgehead atoms. The molecule has 2 aromatic carbocycles. The lowest BCUT2D eigenvalue weighted by atomic mass is 9.68. The van der Waals surface area contributed by atoms with Crippen LogP contribution in [0.15, 0.2) is 48.5 Å². The number of nitrogens with one attached hydrogen (secondary N) is 1. The fraction of sp³-hybridized carbons (Fsp3) is 0.480. The van der Waals surface area contributed by atoms with E-state index in [9.17, 15) is 4.79 Å². The van der Waals surface area contributed by atoms with Gasteiger partial charge >= 0.3 is 0 Å². The normalized spacial score (nSPS) is 32.4. The van der Waals surface area contributed by atoms with Gasteiger partial charge < -0.3 is 15.0 Å². The molecule has 0 spiro atoms. The standard InChI is InChI=1S/C25H28N2O2/c28-25(27-10-12-29-13-11-27)19-8-9-21-20(15-19)22-17-6-7-18(14-17)23(22)24(26-21)16-4-2-1-3-5-16/h1-5,8-9,15,17-18,22-24,26H,6-7,10-14H2/t17-,18+,22+,23+,24-/m0/s1. The largest absolute Gasteiger partial charge is 0.378 e. The highest BCUT2D eigenvalue weighted by Gasteiger charge is 2.53. The SMILES string of the molecule is O=C(c1ccc2c(c1)[C@H]1[C@H]3CC[C@H](C3)[C@H]1[C@H](c1ccccc1)N2)N1CCOCC1. The van der Waals surface area contributed by atoms with Crippen molar-refractivity contribution in [3.05, 3.63) is 65.2 Å². The fourth-order valence-electron chi connectivity index (χ4n) is 6.56. The zero-order valence-electron chi connectivity index (χ0n) is 16.7. The van der Waals surface area contributed by atoms with Crippen LogP contribution in [0.1, 0.15) is 52.7 Å². The predicted octanol–water partition coefficient (Wildman–Crippen LogP) is 4.46. The highest BCUT2D eigenvalue weighted by molar-refractivity contribution is 5.95. The lowest BCUT2D eigenvalue weighted by Crippen LogP contribution is -2.41. The molecule has 5 atom stereocenters. The van der Waals surface area contributed by atoms with E-state index < -0.39 is 0 Å². The number of carbonyl (C=O) groups excluding carboxylic acids is 1. The van der Waals surface area contributed by atoms with Gasteiger partial charge in [0.1, 0.15) is 0 Å². The third-order valence-electron chi connectivity index (χ3n) is 7.79. The summed E-state index contributed by atoms with van der Waals surface area (Å²) in [6, 6.07) is 17.7. The van der Waals surface area contributed by atoms with E-state index in [4.69, 9.17) is 4.74 Å². The van der Waals surface area contributed by atoms with Gasteiger partial charge in [-0.15, -0.1) is 0 Å². The van der Waals surface area contributed by atoms with E-state index in [1.165, 1.54) is 36.1 Å². The number of benzene rings is 2. The van der Waals surface area contributed by atoms with Gasteiger partial charge in [0.25, 0.3) is 5.91 Å².